The van der Waals surface area contributed by atoms with Crippen molar-refractivity contribution >= 4 is 29.1 Å². The minimum atomic E-state index is -0.502. The van der Waals surface area contributed by atoms with Crippen LogP contribution in [-0.4, -0.2) is 37.1 Å². The fourth-order valence-electron chi connectivity index (χ4n) is 4.79. The first-order chi connectivity index (χ1) is 16.6. The van der Waals surface area contributed by atoms with Gasteiger partial charge in [0, 0.05) is 22.2 Å². The summed E-state index contributed by atoms with van der Waals surface area (Å²) in [7, 11) is 1.67. The zero-order valence-electron chi connectivity index (χ0n) is 18.9. The molecule has 0 spiro atoms. The molecule has 7 heteroatoms. The van der Waals surface area contributed by atoms with Crippen LogP contribution >= 0.6 is 11.6 Å². The zero-order valence-corrected chi connectivity index (χ0v) is 19.7. The number of hydrogen-bond acceptors (Lipinski definition) is 5. The standard InChI is InChI=1S/C27H26ClN3O3/c1-33-22-13-6-19(7-14-22)26-24-15-8-18-4-2-3-5-23(18)25(24)30-31(26)16-17-34-27(32)29-21-11-9-20(28)10-12-21/h2-7,9-14,24,26H,8,15-17H2,1H3,(H,29,32)/t24-,26-/m0/s1. The van der Waals surface area contributed by atoms with Crippen LogP contribution in [0.2, 0.25) is 5.02 Å². The highest BCUT2D eigenvalue weighted by molar-refractivity contribution is 6.30. The summed E-state index contributed by atoms with van der Waals surface area (Å²) >= 11 is 5.90. The molecule has 174 valence electrons. The van der Waals surface area contributed by atoms with Crippen LogP contribution < -0.4 is 10.1 Å². The minimum absolute atomic E-state index is 0.0807. The maximum Gasteiger partial charge on any atom is 0.411 e. The summed E-state index contributed by atoms with van der Waals surface area (Å²) in [5.41, 5.74) is 5.49. The molecule has 5 rings (SSSR count). The van der Waals surface area contributed by atoms with Crippen molar-refractivity contribution in [3.05, 3.63) is 94.5 Å². The predicted octanol–water partition coefficient (Wildman–Crippen LogP) is 5.92. The molecule has 0 fully saturated rings. The molecule has 0 bridgehead atoms. The van der Waals surface area contributed by atoms with E-state index in [4.69, 9.17) is 26.2 Å². The topological polar surface area (TPSA) is 63.2 Å². The number of hydrazone groups is 1. The molecular formula is C27H26ClN3O3. The molecule has 2 atom stereocenters. The van der Waals surface area contributed by atoms with Crippen LogP contribution in [-0.2, 0) is 11.2 Å². The summed E-state index contributed by atoms with van der Waals surface area (Å²) in [6, 6.07) is 23.7. The Bertz CT molecular complexity index is 1190. The van der Waals surface area contributed by atoms with Gasteiger partial charge in [0.15, 0.2) is 0 Å². The third kappa shape index (κ3) is 4.59. The maximum absolute atomic E-state index is 12.3. The number of carbonyl (C=O) groups excluding carboxylic acids is 1. The summed E-state index contributed by atoms with van der Waals surface area (Å²) < 4.78 is 10.8. The molecule has 0 saturated carbocycles. The molecule has 1 heterocycles. The van der Waals surface area contributed by atoms with Gasteiger partial charge in [-0.3, -0.25) is 10.3 Å². The number of halogens is 1. The SMILES string of the molecule is COc1ccc([C@H]2[C@H]3CCc4ccccc4C3=NN2CCOC(=O)Nc2ccc(Cl)cc2)cc1. The number of fused-ring (bicyclic) bond motifs is 3. The number of benzene rings is 3. The molecule has 6 nitrogen and oxygen atoms in total. The lowest BCUT2D eigenvalue weighted by atomic mass is 9.77. The largest absolute Gasteiger partial charge is 0.497 e. The number of nitrogens with zero attached hydrogens (tertiary/aromatic N) is 2. The Morgan fingerprint density at radius 2 is 1.85 bits per heavy atom. The van der Waals surface area contributed by atoms with Crippen LogP contribution in [0.15, 0.2) is 77.9 Å². The van der Waals surface area contributed by atoms with Crippen molar-refractivity contribution in [2.75, 3.05) is 25.6 Å². The molecule has 0 radical (unpaired) electrons. The van der Waals surface area contributed by atoms with E-state index >= 15 is 0 Å². The van der Waals surface area contributed by atoms with Crippen molar-refractivity contribution in [2.45, 2.75) is 18.9 Å². The van der Waals surface area contributed by atoms with E-state index in [-0.39, 0.29) is 18.6 Å². The van der Waals surface area contributed by atoms with Crippen molar-refractivity contribution < 1.29 is 14.3 Å². The van der Waals surface area contributed by atoms with Crippen molar-refractivity contribution in [3.63, 3.8) is 0 Å². The Balaban J connectivity index is 1.32. The van der Waals surface area contributed by atoms with E-state index in [1.807, 2.05) is 12.1 Å². The first-order valence-corrected chi connectivity index (χ1v) is 11.8. The lowest BCUT2D eigenvalue weighted by molar-refractivity contribution is 0.121. The van der Waals surface area contributed by atoms with E-state index in [0.717, 1.165) is 24.3 Å². The van der Waals surface area contributed by atoms with Gasteiger partial charge < -0.3 is 9.47 Å². The number of aryl methyl sites for hydroxylation is 1. The van der Waals surface area contributed by atoms with Crippen LogP contribution in [0, 0.1) is 5.92 Å². The Kier molecular flexibility index (Phi) is 6.41. The number of amides is 1. The average molecular weight is 476 g/mol. The number of nitrogens with one attached hydrogen (secondary N) is 1. The number of hydrogen-bond donors (Lipinski definition) is 1. The number of anilines is 1. The Hall–Kier alpha value is -3.51. The van der Waals surface area contributed by atoms with E-state index in [1.165, 1.54) is 16.7 Å². The molecule has 3 aromatic carbocycles. The normalized spacial score (nSPS) is 18.5. The van der Waals surface area contributed by atoms with E-state index < -0.39 is 6.09 Å². The van der Waals surface area contributed by atoms with Crippen LogP contribution in [0.4, 0.5) is 10.5 Å². The molecule has 1 N–H and O–H groups in total. The van der Waals surface area contributed by atoms with Crippen LogP contribution in [0.25, 0.3) is 0 Å². The van der Waals surface area contributed by atoms with Crippen LogP contribution in [0.3, 0.4) is 0 Å². The molecule has 0 saturated heterocycles. The molecule has 3 aromatic rings. The molecular weight excluding hydrogens is 450 g/mol. The summed E-state index contributed by atoms with van der Waals surface area (Å²) in [5.74, 6) is 1.11. The summed E-state index contributed by atoms with van der Waals surface area (Å²) in [4.78, 5) is 12.3. The van der Waals surface area contributed by atoms with Gasteiger partial charge in [-0.05, 0) is 60.4 Å². The van der Waals surface area contributed by atoms with Gasteiger partial charge in [0.25, 0.3) is 0 Å². The minimum Gasteiger partial charge on any atom is -0.497 e. The third-order valence-corrected chi connectivity index (χ3v) is 6.66. The molecule has 2 aliphatic rings. The molecule has 1 amide bonds. The smallest absolute Gasteiger partial charge is 0.411 e. The van der Waals surface area contributed by atoms with Gasteiger partial charge in [-0.1, -0.05) is 48.0 Å². The highest BCUT2D eigenvalue weighted by atomic mass is 35.5. The first kappa shape index (κ1) is 22.3. The van der Waals surface area contributed by atoms with Gasteiger partial charge in [0.1, 0.15) is 12.4 Å². The van der Waals surface area contributed by atoms with Gasteiger partial charge >= 0.3 is 6.09 Å². The fourth-order valence-corrected chi connectivity index (χ4v) is 4.92. The monoisotopic (exact) mass is 475 g/mol. The number of ether oxygens (including phenoxy) is 2. The Labute approximate surface area is 204 Å². The van der Waals surface area contributed by atoms with Crippen molar-refractivity contribution in [1.82, 2.24) is 5.01 Å². The summed E-state index contributed by atoms with van der Waals surface area (Å²) in [6.07, 6.45) is 1.55. The van der Waals surface area contributed by atoms with E-state index in [2.05, 4.69) is 46.7 Å². The van der Waals surface area contributed by atoms with Gasteiger partial charge in [0.05, 0.1) is 25.4 Å². The van der Waals surface area contributed by atoms with Gasteiger partial charge in [-0.25, -0.2) is 4.79 Å². The quantitative estimate of drug-likeness (QED) is 0.480. The number of carbonyl (C=O) groups is 1. The average Bonchev–Trinajstić information content (AvgIpc) is 3.24. The summed E-state index contributed by atoms with van der Waals surface area (Å²) in [5, 5.41) is 10.4. The predicted molar refractivity (Wildman–Crippen MR) is 134 cm³/mol. The molecule has 0 aromatic heterocycles. The first-order valence-electron chi connectivity index (χ1n) is 11.4. The zero-order chi connectivity index (χ0) is 23.5. The second-order valence-corrected chi connectivity index (χ2v) is 8.87. The third-order valence-electron chi connectivity index (χ3n) is 6.41. The van der Waals surface area contributed by atoms with Crippen LogP contribution in [0.5, 0.6) is 5.75 Å². The van der Waals surface area contributed by atoms with Crippen molar-refractivity contribution in [1.29, 1.82) is 0 Å². The van der Waals surface area contributed by atoms with Crippen molar-refractivity contribution in [3.8, 4) is 5.75 Å². The lowest BCUT2D eigenvalue weighted by Gasteiger charge is -2.30. The highest BCUT2D eigenvalue weighted by Gasteiger charge is 2.41. The highest BCUT2D eigenvalue weighted by Crippen LogP contribution is 2.43. The molecule has 34 heavy (non-hydrogen) atoms. The Morgan fingerprint density at radius 3 is 2.62 bits per heavy atom. The second kappa shape index (κ2) is 9.77. The number of rotatable bonds is 6. The summed E-state index contributed by atoms with van der Waals surface area (Å²) in [6.45, 7) is 0.712. The molecule has 1 aliphatic heterocycles. The second-order valence-electron chi connectivity index (χ2n) is 8.44. The lowest BCUT2D eigenvalue weighted by Crippen LogP contribution is -2.31. The van der Waals surface area contributed by atoms with Crippen LogP contribution in [0.1, 0.15) is 29.2 Å². The van der Waals surface area contributed by atoms with E-state index in [1.54, 1.807) is 31.4 Å². The van der Waals surface area contributed by atoms with E-state index in [9.17, 15) is 4.79 Å². The van der Waals surface area contributed by atoms with E-state index in [0.29, 0.717) is 17.3 Å². The molecule has 1 aliphatic carbocycles. The fraction of sp³-hybridized carbons (Fsp3) is 0.259. The maximum atomic E-state index is 12.3. The van der Waals surface area contributed by atoms with Gasteiger partial charge in [0.2, 0.25) is 0 Å². The molecule has 0 unspecified atom stereocenters. The van der Waals surface area contributed by atoms with Gasteiger partial charge in [-0.15, -0.1) is 0 Å². The number of methoxy groups -OCH3 is 1. The van der Waals surface area contributed by atoms with Gasteiger partial charge in [-0.2, -0.15) is 5.10 Å². The Morgan fingerprint density at radius 1 is 1.09 bits per heavy atom. The van der Waals surface area contributed by atoms with Crippen molar-refractivity contribution in [2.24, 2.45) is 11.0 Å².